The van der Waals surface area contributed by atoms with E-state index in [-0.39, 0.29) is 30.2 Å². The Bertz CT molecular complexity index is 726. The Morgan fingerprint density at radius 2 is 1.83 bits per heavy atom. The molecule has 1 aliphatic rings. The largest absolute Gasteiger partial charge is 0.508 e. The lowest BCUT2D eigenvalue weighted by Crippen LogP contribution is -2.39. The molecule has 5 nitrogen and oxygen atoms in total. The minimum absolute atomic E-state index is 0.00336. The van der Waals surface area contributed by atoms with Crippen LogP contribution >= 0.6 is 0 Å². The normalized spacial score (nSPS) is 14.7. The first-order valence-corrected chi connectivity index (χ1v) is 8.05. The summed E-state index contributed by atoms with van der Waals surface area (Å²) in [5.41, 5.74) is 1.41. The molecule has 124 valence electrons. The van der Waals surface area contributed by atoms with E-state index in [9.17, 15) is 14.7 Å². The fourth-order valence-electron chi connectivity index (χ4n) is 2.70. The van der Waals surface area contributed by atoms with Crippen molar-refractivity contribution in [3.63, 3.8) is 0 Å². The van der Waals surface area contributed by atoms with Crippen LogP contribution in [0.2, 0.25) is 0 Å². The molecule has 0 spiro atoms. The predicted molar refractivity (Wildman–Crippen MR) is 90.5 cm³/mol. The molecule has 0 aliphatic heterocycles. The molecule has 0 radical (unpaired) electrons. The number of hydrogen-bond donors (Lipinski definition) is 3. The van der Waals surface area contributed by atoms with Crippen LogP contribution in [-0.2, 0) is 4.79 Å². The molecule has 0 saturated heterocycles. The Kier molecular flexibility index (Phi) is 4.79. The van der Waals surface area contributed by atoms with Gasteiger partial charge in [-0.15, -0.1) is 0 Å². The zero-order valence-electron chi connectivity index (χ0n) is 13.2. The van der Waals surface area contributed by atoms with Crippen LogP contribution in [-0.4, -0.2) is 23.5 Å². The number of phenolic OH excluding ortho intramolecular Hbond substituents is 1. The number of benzene rings is 2. The Balaban J connectivity index is 1.56. The van der Waals surface area contributed by atoms with Crippen molar-refractivity contribution in [3.05, 3.63) is 65.7 Å². The van der Waals surface area contributed by atoms with Crippen molar-refractivity contribution < 1.29 is 14.7 Å². The van der Waals surface area contributed by atoms with Crippen molar-refractivity contribution in [3.8, 4) is 5.75 Å². The highest BCUT2D eigenvalue weighted by molar-refractivity contribution is 5.96. The number of phenols is 1. The van der Waals surface area contributed by atoms with Crippen LogP contribution in [0.4, 0.5) is 0 Å². The minimum Gasteiger partial charge on any atom is -0.508 e. The maximum absolute atomic E-state index is 12.2. The maximum Gasteiger partial charge on any atom is 0.251 e. The fourth-order valence-corrected chi connectivity index (χ4v) is 2.70. The third-order valence-electron chi connectivity index (χ3n) is 4.09. The van der Waals surface area contributed by atoms with Crippen molar-refractivity contribution in [2.24, 2.45) is 5.92 Å². The number of carbonyl (C=O) groups is 2. The van der Waals surface area contributed by atoms with Gasteiger partial charge in [0.25, 0.3) is 5.91 Å². The summed E-state index contributed by atoms with van der Waals surface area (Å²) >= 11 is 0. The standard InChI is InChI=1S/C19H20N2O3/c22-16-8-4-7-15(11-16)19(24)20-12-17(23)21-18(14-9-10-14)13-5-2-1-3-6-13/h1-8,11,14,18,22H,9-10,12H2,(H,20,24)(H,21,23)/t18-/m1/s1. The highest BCUT2D eigenvalue weighted by Gasteiger charge is 2.33. The van der Waals surface area contributed by atoms with E-state index in [0.29, 0.717) is 11.5 Å². The lowest BCUT2D eigenvalue weighted by molar-refractivity contribution is -0.121. The van der Waals surface area contributed by atoms with Crippen LogP contribution in [0.25, 0.3) is 0 Å². The van der Waals surface area contributed by atoms with Gasteiger partial charge in [-0.25, -0.2) is 0 Å². The number of nitrogens with one attached hydrogen (secondary N) is 2. The summed E-state index contributed by atoms with van der Waals surface area (Å²) in [5.74, 6) is -0.115. The molecule has 0 heterocycles. The summed E-state index contributed by atoms with van der Waals surface area (Å²) in [6.07, 6.45) is 2.21. The van der Waals surface area contributed by atoms with Gasteiger partial charge in [-0.2, -0.15) is 0 Å². The summed E-state index contributed by atoms with van der Waals surface area (Å²) in [6.45, 7) is -0.0927. The highest BCUT2D eigenvalue weighted by Crippen LogP contribution is 2.40. The molecule has 0 bridgehead atoms. The number of aromatic hydroxyl groups is 1. The van der Waals surface area contributed by atoms with E-state index in [1.165, 1.54) is 12.1 Å². The zero-order valence-corrected chi connectivity index (χ0v) is 13.2. The van der Waals surface area contributed by atoms with Crippen molar-refractivity contribution in [2.45, 2.75) is 18.9 Å². The smallest absolute Gasteiger partial charge is 0.251 e. The van der Waals surface area contributed by atoms with E-state index < -0.39 is 0 Å². The topological polar surface area (TPSA) is 78.4 Å². The third-order valence-corrected chi connectivity index (χ3v) is 4.09. The van der Waals surface area contributed by atoms with Gasteiger partial charge in [0.1, 0.15) is 5.75 Å². The first-order valence-electron chi connectivity index (χ1n) is 8.05. The van der Waals surface area contributed by atoms with Gasteiger partial charge in [0.2, 0.25) is 5.91 Å². The van der Waals surface area contributed by atoms with Crippen LogP contribution in [0.3, 0.4) is 0 Å². The maximum atomic E-state index is 12.2. The Hall–Kier alpha value is -2.82. The number of amides is 2. The van der Waals surface area contributed by atoms with E-state index >= 15 is 0 Å². The monoisotopic (exact) mass is 324 g/mol. The molecule has 1 fully saturated rings. The second-order valence-electron chi connectivity index (χ2n) is 6.03. The Labute approximate surface area is 140 Å². The molecule has 1 saturated carbocycles. The summed E-state index contributed by atoms with van der Waals surface area (Å²) in [6, 6.07) is 15.9. The summed E-state index contributed by atoms with van der Waals surface area (Å²) in [4.78, 5) is 24.2. The molecular formula is C19H20N2O3. The van der Waals surface area contributed by atoms with Crippen LogP contribution in [0.15, 0.2) is 54.6 Å². The summed E-state index contributed by atoms with van der Waals surface area (Å²) in [5, 5.41) is 15.0. The van der Waals surface area contributed by atoms with E-state index in [1.54, 1.807) is 12.1 Å². The molecule has 2 aromatic carbocycles. The Morgan fingerprint density at radius 3 is 2.50 bits per heavy atom. The average Bonchev–Trinajstić information content (AvgIpc) is 3.43. The van der Waals surface area contributed by atoms with Gasteiger partial charge in [-0.3, -0.25) is 9.59 Å². The van der Waals surface area contributed by atoms with Crippen molar-refractivity contribution in [2.75, 3.05) is 6.54 Å². The van der Waals surface area contributed by atoms with Crippen LogP contribution in [0.5, 0.6) is 5.75 Å². The van der Waals surface area contributed by atoms with Crippen LogP contribution < -0.4 is 10.6 Å². The van der Waals surface area contributed by atoms with Crippen LogP contribution in [0, 0.1) is 5.92 Å². The first-order chi connectivity index (χ1) is 11.6. The third kappa shape index (κ3) is 4.13. The number of carbonyl (C=O) groups excluding carboxylic acids is 2. The van der Waals surface area contributed by atoms with Gasteiger partial charge in [0.05, 0.1) is 12.6 Å². The predicted octanol–water partition coefficient (Wildman–Crippen LogP) is 2.39. The van der Waals surface area contributed by atoms with Crippen molar-refractivity contribution in [1.82, 2.24) is 10.6 Å². The second kappa shape index (κ2) is 7.17. The van der Waals surface area contributed by atoms with Crippen molar-refractivity contribution in [1.29, 1.82) is 0 Å². The SMILES string of the molecule is O=C(CNC(=O)c1cccc(O)c1)N[C@H](c1ccccc1)C1CC1. The van der Waals surface area contributed by atoms with E-state index in [4.69, 9.17) is 0 Å². The van der Waals surface area contributed by atoms with Crippen LogP contribution in [0.1, 0.15) is 34.8 Å². The lowest BCUT2D eigenvalue weighted by Gasteiger charge is -2.19. The highest BCUT2D eigenvalue weighted by atomic mass is 16.3. The van der Waals surface area contributed by atoms with Gasteiger partial charge >= 0.3 is 0 Å². The number of hydrogen-bond acceptors (Lipinski definition) is 3. The molecule has 1 aliphatic carbocycles. The molecule has 5 heteroatoms. The lowest BCUT2D eigenvalue weighted by atomic mass is 10.0. The molecule has 24 heavy (non-hydrogen) atoms. The second-order valence-corrected chi connectivity index (χ2v) is 6.03. The van der Waals surface area contributed by atoms with Gasteiger partial charge < -0.3 is 15.7 Å². The molecular weight excluding hydrogens is 304 g/mol. The first kappa shape index (κ1) is 16.1. The minimum atomic E-state index is -0.385. The van der Waals surface area contributed by atoms with Crippen molar-refractivity contribution >= 4 is 11.8 Å². The molecule has 3 rings (SSSR count). The van der Waals surface area contributed by atoms with Gasteiger partial charge in [0.15, 0.2) is 0 Å². The van der Waals surface area contributed by atoms with Gasteiger partial charge in [-0.1, -0.05) is 36.4 Å². The van der Waals surface area contributed by atoms with E-state index in [0.717, 1.165) is 18.4 Å². The molecule has 1 atom stereocenters. The number of rotatable bonds is 6. The van der Waals surface area contributed by atoms with E-state index in [2.05, 4.69) is 10.6 Å². The van der Waals surface area contributed by atoms with Gasteiger partial charge in [-0.05, 0) is 42.5 Å². The average molecular weight is 324 g/mol. The molecule has 0 unspecified atom stereocenters. The Morgan fingerprint density at radius 1 is 1.08 bits per heavy atom. The quantitative estimate of drug-likeness (QED) is 0.763. The molecule has 2 aromatic rings. The molecule has 0 aromatic heterocycles. The summed E-state index contributed by atoms with van der Waals surface area (Å²) in [7, 11) is 0. The zero-order chi connectivity index (χ0) is 16.9. The van der Waals surface area contributed by atoms with E-state index in [1.807, 2.05) is 30.3 Å². The fraction of sp³-hybridized carbons (Fsp3) is 0.263. The van der Waals surface area contributed by atoms with Gasteiger partial charge in [0, 0.05) is 5.56 Å². The molecule has 3 N–H and O–H groups in total. The molecule has 2 amide bonds. The summed E-state index contributed by atoms with van der Waals surface area (Å²) < 4.78 is 0.